The molecule has 6 N–H and O–H groups in total. The fraction of sp³-hybridized carbons (Fsp3) is 0.208. The van der Waals surface area contributed by atoms with Crippen LogP contribution in [0.1, 0.15) is 23.0 Å². The van der Waals surface area contributed by atoms with Crippen LogP contribution in [0.3, 0.4) is 0 Å². The number of aromatic amines is 1. The van der Waals surface area contributed by atoms with Crippen LogP contribution in [0, 0.1) is 5.41 Å². The molecule has 2 aromatic heterocycles. The first-order chi connectivity index (χ1) is 17.9. The van der Waals surface area contributed by atoms with Crippen molar-refractivity contribution in [3.05, 3.63) is 82.3 Å². The van der Waals surface area contributed by atoms with Gasteiger partial charge in [-0.1, -0.05) is 0 Å². The van der Waals surface area contributed by atoms with Gasteiger partial charge in [-0.25, -0.2) is 14.8 Å². The standard InChI is InChI=1S/C24H26N8O5/c1-35-17-12-15(13-18(20(17)36-2)37-11-10-33)19(29-16-6-4-14(5-7-16)21(25)26)22-30-24(34)32(31-22)23-27-8-3-9-28-23/h3-9,12-13,19,29,33H,10-11H2,1-2H3,(H3,25,26)(H,30,31,34). The quantitative estimate of drug-likeness (QED) is 0.146. The average molecular weight is 507 g/mol. The average Bonchev–Trinajstić information content (AvgIpc) is 3.31. The summed E-state index contributed by atoms with van der Waals surface area (Å²) < 4.78 is 17.7. The first-order valence-electron chi connectivity index (χ1n) is 11.1. The van der Waals surface area contributed by atoms with Gasteiger partial charge in [-0.15, -0.1) is 9.78 Å². The zero-order valence-corrected chi connectivity index (χ0v) is 20.1. The van der Waals surface area contributed by atoms with Crippen molar-refractivity contribution in [2.75, 3.05) is 32.8 Å². The molecular weight excluding hydrogens is 480 g/mol. The molecule has 4 rings (SSSR count). The third-order valence-electron chi connectivity index (χ3n) is 5.31. The zero-order valence-electron chi connectivity index (χ0n) is 20.1. The maximum atomic E-state index is 12.8. The van der Waals surface area contributed by atoms with Crippen molar-refractivity contribution in [1.82, 2.24) is 24.7 Å². The van der Waals surface area contributed by atoms with E-state index in [1.165, 1.54) is 26.6 Å². The van der Waals surface area contributed by atoms with E-state index in [2.05, 4.69) is 25.4 Å². The van der Waals surface area contributed by atoms with Gasteiger partial charge < -0.3 is 30.4 Å². The number of nitrogens with one attached hydrogen (secondary N) is 3. The van der Waals surface area contributed by atoms with Gasteiger partial charge in [0.05, 0.1) is 20.8 Å². The van der Waals surface area contributed by atoms with Gasteiger partial charge in [-0.2, -0.15) is 0 Å². The highest BCUT2D eigenvalue weighted by atomic mass is 16.5. The summed E-state index contributed by atoms with van der Waals surface area (Å²) in [6.07, 6.45) is 3.02. The largest absolute Gasteiger partial charge is 0.493 e. The van der Waals surface area contributed by atoms with E-state index in [1.54, 1.807) is 42.5 Å². The second-order valence-electron chi connectivity index (χ2n) is 7.67. The third kappa shape index (κ3) is 5.51. The zero-order chi connectivity index (χ0) is 26.4. The summed E-state index contributed by atoms with van der Waals surface area (Å²) in [5.41, 5.74) is 6.88. The van der Waals surface area contributed by atoms with Gasteiger partial charge in [0.2, 0.25) is 5.75 Å². The number of aliphatic hydroxyl groups excluding tert-OH is 1. The first kappa shape index (κ1) is 25.2. The second-order valence-corrected chi connectivity index (χ2v) is 7.67. The molecule has 0 fully saturated rings. The van der Waals surface area contributed by atoms with Crippen LogP contribution in [0.25, 0.3) is 5.95 Å². The molecule has 0 bridgehead atoms. The van der Waals surface area contributed by atoms with E-state index in [1.807, 2.05) is 0 Å². The Kier molecular flexibility index (Phi) is 7.64. The number of nitrogens with zero attached hydrogens (tertiary/aromatic N) is 4. The Labute approximate surface area is 211 Å². The van der Waals surface area contributed by atoms with E-state index in [0.717, 1.165) is 4.68 Å². The number of rotatable bonds is 11. The minimum Gasteiger partial charge on any atom is -0.493 e. The highest BCUT2D eigenvalue weighted by molar-refractivity contribution is 5.95. The number of hydrogen-bond acceptors (Lipinski definition) is 10. The molecule has 13 nitrogen and oxygen atoms in total. The molecule has 37 heavy (non-hydrogen) atoms. The van der Waals surface area contributed by atoms with E-state index in [0.29, 0.717) is 34.1 Å². The van der Waals surface area contributed by atoms with E-state index >= 15 is 0 Å². The fourth-order valence-corrected chi connectivity index (χ4v) is 3.61. The lowest BCUT2D eigenvalue weighted by molar-refractivity contribution is 0.195. The monoisotopic (exact) mass is 506 g/mol. The van der Waals surface area contributed by atoms with Crippen LogP contribution in [0.5, 0.6) is 17.2 Å². The van der Waals surface area contributed by atoms with Crippen LogP contribution >= 0.6 is 0 Å². The van der Waals surface area contributed by atoms with Crippen LogP contribution in [0.2, 0.25) is 0 Å². The molecule has 2 heterocycles. The number of nitrogens with two attached hydrogens (primary N) is 1. The van der Waals surface area contributed by atoms with Crippen molar-refractivity contribution in [3.63, 3.8) is 0 Å². The number of benzene rings is 2. The number of methoxy groups -OCH3 is 2. The number of hydrogen-bond donors (Lipinski definition) is 5. The Morgan fingerprint density at radius 2 is 1.86 bits per heavy atom. The minimum atomic E-state index is -0.711. The number of nitrogen functional groups attached to an aromatic ring is 1. The first-order valence-corrected chi connectivity index (χ1v) is 11.1. The summed E-state index contributed by atoms with van der Waals surface area (Å²) in [6.45, 7) is -0.168. The predicted octanol–water partition coefficient (Wildman–Crippen LogP) is 1.22. The molecule has 0 spiro atoms. The van der Waals surface area contributed by atoms with Crippen molar-refractivity contribution in [3.8, 4) is 23.2 Å². The summed E-state index contributed by atoms with van der Waals surface area (Å²) in [5.74, 6) is 1.37. The Morgan fingerprint density at radius 3 is 2.49 bits per heavy atom. The summed E-state index contributed by atoms with van der Waals surface area (Å²) in [4.78, 5) is 23.7. The van der Waals surface area contributed by atoms with Crippen LogP contribution in [-0.4, -0.2) is 63.1 Å². The Morgan fingerprint density at radius 1 is 1.16 bits per heavy atom. The van der Waals surface area contributed by atoms with E-state index in [9.17, 15) is 9.90 Å². The lowest BCUT2D eigenvalue weighted by Gasteiger charge is -2.21. The summed E-state index contributed by atoms with van der Waals surface area (Å²) in [6, 6.07) is 11.3. The summed E-state index contributed by atoms with van der Waals surface area (Å²) >= 11 is 0. The van der Waals surface area contributed by atoms with Gasteiger partial charge in [-0.05, 0) is 48.0 Å². The molecule has 0 saturated carbocycles. The van der Waals surface area contributed by atoms with Gasteiger partial charge >= 0.3 is 5.69 Å². The number of amidine groups is 1. The van der Waals surface area contributed by atoms with Crippen LogP contribution in [0.15, 0.2) is 59.7 Å². The van der Waals surface area contributed by atoms with E-state index in [-0.39, 0.29) is 30.8 Å². The van der Waals surface area contributed by atoms with Crippen LogP contribution in [0.4, 0.5) is 5.69 Å². The molecule has 13 heteroatoms. The normalized spacial score (nSPS) is 11.5. The molecule has 1 atom stereocenters. The number of anilines is 1. The lowest BCUT2D eigenvalue weighted by Crippen LogP contribution is -2.18. The number of H-pyrrole nitrogens is 1. The Bertz CT molecular complexity index is 1420. The Balaban J connectivity index is 1.83. The van der Waals surface area contributed by atoms with Gasteiger partial charge in [0.25, 0.3) is 5.95 Å². The number of aliphatic hydroxyl groups is 1. The summed E-state index contributed by atoms with van der Waals surface area (Å²) in [7, 11) is 2.97. The third-order valence-corrected chi connectivity index (χ3v) is 5.31. The molecule has 192 valence electrons. The molecule has 0 aliphatic carbocycles. The highest BCUT2D eigenvalue weighted by Gasteiger charge is 2.25. The van der Waals surface area contributed by atoms with Crippen molar-refractivity contribution >= 4 is 11.5 Å². The van der Waals surface area contributed by atoms with Crippen molar-refractivity contribution in [1.29, 1.82) is 5.41 Å². The predicted molar refractivity (Wildman–Crippen MR) is 135 cm³/mol. The van der Waals surface area contributed by atoms with Gasteiger partial charge in [0, 0.05) is 23.6 Å². The van der Waals surface area contributed by atoms with Gasteiger partial charge in [0.15, 0.2) is 17.3 Å². The van der Waals surface area contributed by atoms with Crippen molar-refractivity contribution < 1.29 is 19.3 Å². The number of ether oxygens (including phenoxy) is 3. The SMILES string of the molecule is COc1cc(C(Nc2ccc(C(=N)N)cc2)c2nn(-c3ncccn3)c(=O)[nH]2)cc(OCCO)c1OC. The van der Waals surface area contributed by atoms with Gasteiger partial charge in [-0.3, -0.25) is 10.4 Å². The lowest BCUT2D eigenvalue weighted by atomic mass is 10.0. The Hall–Kier alpha value is -4.91. The maximum Gasteiger partial charge on any atom is 0.350 e. The molecule has 2 aromatic carbocycles. The van der Waals surface area contributed by atoms with Crippen molar-refractivity contribution in [2.45, 2.75) is 6.04 Å². The van der Waals surface area contributed by atoms with E-state index in [4.69, 9.17) is 25.4 Å². The molecule has 0 radical (unpaired) electrons. The fourth-order valence-electron chi connectivity index (χ4n) is 3.61. The topological polar surface area (TPSA) is 186 Å². The number of aromatic nitrogens is 5. The van der Waals surface area contributed by atoms with Crippen molar-refractivity contribution in [2.24, 2.45) is 5.73 Å². The highest BCUT2D eigenvalue weighted by Crippen LogP contribution is 2.41. The van der Waals surface area contributed by atoms with Crippen LogP contribution < -0.4 is 31.0 Å². The minimum absolute atomic E-state index is 0.0321. The van der Waals surface area contributed by atoms with E-state index < -0.39 is 11.7 Å². The molecule has 1 unspecified atom stereocenters. The molecule has 4 aromatic rings. The molecular formula is C24H26N8O5. The molecule has 0 aliphatic rings. The van der Waals surface area contributed by atoms with Crippen LogP contribution in [-0.2, 0) is 0 Å². The maximum absolute atomic E-state index is 12.8. The summed E-state index contributed by atoms with van der Waals surface area (Å²) in [5, 5.41) is 24.7. The smallest absolute Gasteiger partial charge is 0.350 e. The molecule has 0 aliphatic heterocycles. The van der Waals surface area contributed by atoms with Gasteiger partial charge in [0.1, 0.15) is 18.5 Å². The molecule has 0 amide bonds. The second kappa shape index (κ2) is 11.2. The molecule has 0 saturated heterocycles.